The van der Waals surface area contributed by atoms with Crippen LogP contribution in [0.4, 0.5) is 0 Å². The molecular weight excluding hydrogens is 561 g/mol. The van der Waals surface area contributed by atoms with E-state index in [2.05, 4.69) is 60.6 Å². The molecule has 2 rings (SSSR count). The van der Waals surface area contributed by atoms with E-state index < -0.39 is 0 Å². The van der Waals surface area contributed by atoms with Crippen LogP contribution in [0.5, 0.6) is 11.5 Å². The van der Waals surface area contributed by atoms with Gasteiger partial charge in [0, 0.05) is 6.61 Å². The standard InChI is InChI=1S/C28H42O2S.C12H26O/c1-7-9-11-17-27(3,4)21-13-15-23(29)25(19-21)31-26-20-22(14-16-24(26)30)28(5,6)18-12-10-8-2;1-2-3-4-5-6-7-8-9-10-11-12-13/h13-16,19-20,29-30H,7-12,17-18H2,1-6H3;13H,2-12H2,1H3. The van der Waals surface area contributed by atoms with E-state index in [1.54, 1.807) is 12.1 Å². The maximum atomic E-state index is 10.5. The lowest BCUT2D eigenvalue weighted by atomic mass is 9.80. The van der Waals surface area contributed by atoms with Gasteiger partial charge in [0.15, 0.2) is 0 Å². The number of hydrogen-bond donors (Lipinski definition) is 3. The average Bonchev–Trinajstić information content (AvgIpc) is 2.99. The summed E-state index contributed by atoms with van der Waals surface area (Å²) < 4.78 is 0. The highest BCUT2D eigenvalue weighted by Gasteiger charge is 2.24. The summed E-state index contributed by atoms with van der Waals surface area (Å²) >= 11 is 1.46. The topological polar surface area (TPSA) is 60.7 Å². The normalized spacial score (nSPS) is 11.8. The zero-order valence-electron chi connectivity index (χ0n) is 29.6. The zero-order chi connectivity index (χ0) is 32.8. The monoisotopic (exact) mass is 628 g/mol. The number of unbranched alkanes of at least 4 members (excludes halogenated alkanes) is 13. The summed E-state index contributed by atoms with van der Waals surface area (Å²) in [6.45, 7) is 16.2. The molecular formula is C40H68O3S. The molecule has 44 heavy (non-hydrogen) atoms. The van der Waals surface area contributed by atoms with Gasteiger partial charge >= 0.3 is 0 Å². The van der Waals surface area contributed by atoms with Crippen molar-refractivity contribution in [2.45, 2.75) is 185 Å². The summed E-state index contributed by atoms with van der Waals surface area (Å²) in [6, 6.07) is 11.9. The van der Waals surface area contributed by atoms with Gasteiger partial charge in [-0.3, -0.25) is 0 Å². The largest absolute Gasteiger partial charge is 0.507 e. The number of phenolic OH excluding ortho intramolecular Hbond substituents is 2. The van der Waals surface area contributed by atoms with Crippen molar-refractivity contribution in [2.24, 2.45) is 0 Å². The van der Waals surface area contributed by atoms with Crippen molar-refractivity contribution in [3.63, 3.8) is 0 Å². The molecule has 0 unspecified atom stereocenters. The third-order valence-corrected chi connectivity index (χ3v) is 10.1. The average molecular weight is 629 g/mol. The van der Waals surface area contributed by atoms with Gasteiger partial charge < -0.3 is 15.3 Å². The van der Waals surface area contributed by atoms with Crippen LogP contribution in [0.3, 0.4) is 0 Å². The second kappa shape index (κ2) is 22.8. The van der Waals surface area contributed by atoms with E-state index in [9.17, 15) is 10.2 Å². The van der Waals surface area contributed by atoms with Gasteiger partial charge in [0.1, 0.15) is 11.5 Å². The van der Waals surface area contributed by atoms with E-state index >= 15 is 0 Å². The third-order valence-electron chi connectivity index (χ3n) is 9.02. The van der Waals surface area contributed by atoms with Gasteiger partial charge in [-0.2, -0.15) is 0 Å². The van der Waals surface area contributed by atoms with E-state index in [0.717, 1.165) is 29.1 Å². The highest BCUT2D eigenvalue weighted by atomic mass is 32.2. The maximum absolute atomic E-state index is 10.5. The predicted octanol–water partition coefficient (Wildman–Crippen LogP) is 12.9. The van der Waals surface area contributed by atoms with Gasteiger partial charge in [0.05, 0.1) is 9.79 Å². The summed E-state index contributed by atoms with van der Waals surface area (Å²) in [7, 11) is 0. The number of aliphatic hydroxyl groups excluding tert-OH is 1. The first-order valence-electron chi connectivity index (χ1n) is 18.0. The first kappa shape index (κ1) is 40.4. The smallest absolute Gasteiger partial charge is 0.129 e. The number of phenols is 2. The van der Waals surface area contributed by atoms with Crippen LogP contribution in [0.25, 0.3) is 0 Å². The molecule has 0 atom stereocenters. The molecule has 0 aliphatic carbocycles. The Kier molecular flexibility index (Phi) is 20.9. The number of benzene rings is 2. The molecule has 4 heteroatoms. The molecule has 3 nitrogen and oxygen atoms in total. The predicted molar refractivity (Wildman–Crippen MR) is 194 cm³/mol. The Bertz CT molecular complexity index is 934. The lowest BCUT2D eigenvalue weighted by molar-refractivity contribution is 0.282. The van der Waals surface area contributed by atoms with Crippen LogP contribution >= 0.6 is 11.8 Å². The minimum Gasteiger partial charge on any atom is -0.507 e. The molecule has 0 bridgehead atoms. The van der Waals surface area contributed by atoms with Crippen molar-refractivity contribution in [2.75, 3.05) is 6.61 Å². The second-order valence-electron chi connectivity index (χ2n) is 14.1. The zero-order valence-corrected chi connectivity index (χ0v) is 30.5. The first-order valence-corrected chi connectivity index (χ1v) is 18.8. The lowest BCUT2D eigenvalue weighted by Gasteiger charge is -2.27. The first-order chi connectivity index (χ1) is 21.0. The van der Waals surface area contributed by atoms with Crippen LogP contribution in [0.15, 0.2) is 46.2 Å². The Balaban J connectivity index is 0.000000627. The Labute approximate surface area is 276 Å². The van der Waals surface area contributed by atoms with Crippen molar-refractivity contribution >= 4 is 11.8 Å². The molecule has 2 aromatic rings. The molecule has 0 fully saturated rings. The minimum absolute atomic E-state index is 0.0589. The molecule has 0 radical (unpaired) electrons. The van der Waals surface area contributed by atoms with Crippen molar-refractivity contribution < 1.29 is 15.3 Å². The molecule has 0 aliphatic rings. The van der Waals surface area contributed by atoms with Crippen LogP contribution in [0.1, 0.15) is 175 Å². The molecule has 0 aromatic heterocycles. The molecule has 0 spiro atoms. The van der Waals surface area contributed by atoms with Gasteiger partial charge in [-0.1, -0.05) is 169 Å². The fraction of sp³-hybridized carbons (Fsp3) is 0.700. The molecule has 0 saturated heterocycles. The second-order valence-corrected chi connectivity index (χ2v) is 15.1. The van der Waals surface area contributed by atoms with Crippen LogP contribution in [0.2, 0.25) is 0 Å². The quantitative estimate of drug-likeness (QED) is 0.114. The van der Waals surface area contributed by atoms with E-state index in [1.807, 2.05) is 12.1 Å². The van der Waals surface area contributed by atoms with Crippen LogP contribution in [-0.4, -0.2) is 21.9 Å². The third kappa shape index (κ3) is 16.1. The molecule has 2 aromatic carbocycles. The number of aromatic hydroxyl groups is 2. The van der Waals surface area contributed by atoms with Gasteiger partial charge in [-0.15, -0.1) is 0 Å². The van der Waals surface area contributed by atoms with Crippen LogP contribution < -0.4 is 0 Å². The van der Waals surface area contributed by atoms with Crippen LogP contribution in [-0.2, 0) is 10.8 Å². The Hall–Kier alpha value is -1.65. The summed E-state index contributed by atoms with van der Waals surface area (Å²) in [5.41, 5.74) is 2.59. The van der Waals surface area contributed by atoms with E-state index in [-0.39, 0.29) is 22.3 Å². The van der Waals surface area contributed by atoms with Crippen molar-refractivity contribution in [1.82, 2.24) is 0 Å². The van der Waals surface area contributed by atoms with E-state index in [0.29, 0.717) is 6.61 Å². The number of hydrogen-bond acceptors (Lipinski definition) is 4. The number of rotatable bonds is 22. The number of aliphatic hydroxyl groups is 1. The van der Waals surface area contributed by atoms with Gasteiger partial charge in [0.2, 0.25) is 0 Å². The molecule has 0 aliphatic heterocycles. The summed E-state index contributed by atoms with van der Waals surface area (Å²) in [6.07, 6.45) is 22.9. The Morgan fingerprint density at radius 2 is 0.841 bits per heavy atom. The molecule has 0 amide bonds. The van der Waals surface area contributed by atoms with E-state index in [4.69, 9.17) is 5.11 Å². The highest BCUT2D eigenvalue weighted by Crippen LogP contribution is 2.43. The van der Waals surface area contributed by atoms with Crippen molar-refractivity contribution in [1.29, 1.82) is 0 Å². The molecule has 3 N–H and O–H groups in total. The molecule has 0 saturated carbocycles. The maximum Gasteiger partial charge on any atom is 0.129 e. The summed E-state index contributed by atoms with van der Waals surface area (Å²) in [4.78, 5) is 1.61. The van der Waals surface area contributed by atoms with Gasteiger partial charge in [0.25, 0.3) is 0 Å². The highest BCUT2D eigenvalue weighted by molar-refractivity contribution is 7.99. The Morgan fingerprint density at radius 3 is 1.20 bits per heavy atom. The van der Waals surface area contributed by atoms with Gasteiger partial charge in [-0.05, 0) is 65.5 Å². The van der Waals surface area contributed by atoms with Crippen LogP contribution in [0, 0.1) is 0 Å². The Morgan fingerprint density at radius 1 is 0.500 bits per heavy atom. The lowest BCUT2D eigenvalue weighted by Crippen LogP contribution is -2.17. The fourth-order valence-electron chi connectivity index (χ4n) is 5.67. The molecule has 252 valence electrons. The van der Waals surface area contributed by atoms with Crippen molar-refractivity contribution in [3.8, 4) is 11.5 Å². The summed E-state index contributed by atoms with van der Waals surface area (Å²) in [5, 5.41) is 29.6. The SMILES string of the molecule is CCCCCC(C)(C)c1ccc(O)c(Sc2cc(C(C)(C)CCCCC)ccc2O)c1.CCCCCCCCCCCCO. The van der Waals surface area contributed by atoms with Gasteiger partial charge in [-0.25, -0.2) is 0 Å². The fourth-order valence-corrected chi connectivity index (χ4v) is 6.63. The van der Waals surface area contributed by atoms with E-state index in [1.165, 1.54) is 119 Å². The summed E-state index contributed by atoms with van der Waals surface area (Å²) in [5.74, 6) is 0.537. The minimum atomic E-state index is 0.0589. The van der Waals surface area contributed by atoms with Crippen molar-refractivity contribution in [3.05, 3.63) is 47.5 Å². The molecule has 0 heterocycles.